The fraction of sp³-hybridized carbons (Fsp3) is 0.583. The van der Waals surface area contributed by atoms with Crippen molar-refractivity contribution in [1.82, 2.24) is 4.90 Å². The van der Waals surface area contributed by atoms with Crippen LogP contribution < -0.4 is 0 Å². The van der Waals surface area contributed by atoms with E-state index >= 15 is 0 Å². The van der Waals surface area contributed by atoms with Crippen molar-refractivity contribution in [3.63, 3.8) is 0 Å². The van der Waals surface area contributed by atoms with Gasteiger partial charge in [-0.3, -0.25) is 9.59 Å². The maximum Gasteiger partial charge on any atom is 0.330 e. The number of amides is 1. The standard InChI is InChI=1S/C12H17NO4S/c1-3-9-6-10(12(16)17)13(7-9)11(15)4-5-18-8(2)14/h6,10H,3-5,7H2,1-2H3,(H,16,17)/t10-/m0/s1. The summed E-state index contributed by atoms with van der Waals surface area (Å²) in [6.45, 7) is 3.77. The van der Waals surface area contributed by atoms with E-state index in [1.54, 1.807) is 6.08 Å². The Balaban J connectivity index is 2.57. The van der Waals surface area contributed by atoms with Crippen molar-refractivity contribution >= 4 is 28.8 Å². The molecule has 0 bridgehead atoms. The zero-order valence-electron chi connectivity index (χ0n) is 10.5. The van der Waals surface area contributed by atoms with Gasteiger partial charge in [-0.05, 0) is 12.5 Å². The van der Waals surface area contributed by atoms with Gasteiger partial charge in [-0.15, -0.1) is 0 Å². The molecule has 0 spiro atoms. The van der Waals surface area contributed by atoms with Gasteiger partial charge in [-0.2, -0.15) is 0 Å². The van der Waals surface area contributed by atoms with Gasteiger partial charge in [-0.1, -0.05) is 24.3 Å². The zero-order chi connectivity index (χ0) is 13.7. The third-order valence-corrected chi connectivity index (χ3v) is 3.57. The predicted octanol–water partition coefficient (Wildman–Crippen LogP) is 1.29. The lowest BCUT2D eigenvalue weighted by atomic mass is 10.2. The lowest BCUT2D eigenvalue weighted by Gasteiger charge is -2.21. The number of carbonyl (C=O) groups excluding carboxylic acids is 2. The second kappa shape index (κ2) is 6.58. The Bertz CT molecular complexity index is 392. The SMILES string of the molecule is CCC1=C[C@@H](C(=O)O)N(C(=O)CCSC(C)=O)C1. The number of carbonyl (C=O) groups is 3. The van der Waals surface area contributed by atoms with Crippen LogP contribution in [0.3, 0.4) is 0 Å². The lowest BCUT2D eigenvalue weighted by molar-refractivity contribution is -0.146. The van der Waals surface area contributed by atoms with Crippen LogP contribution in [0.5, 0.6) is 0 Å². The first-order valence-electron chi connectivity index (χ1n) is 5.81. The molecule has 0 fully saturated rings. The Hall–Kier alpha value is -1.30. The summed E-state index contributed by atoms with van der Waals surface area (Å²) in [7, 11) is 0. The molecule has 1 aliphatic heterocycles. The topological polar surface area (TPSA) is 74.7 Å². The Kier molecular flexibility index (Phi) is 5.40. The molecule has 1 atom stereocenters. The number of thioether (sulfide) groups is 1. The summed E-state index contributed by atoms with van der Waals surface area (Å²) in [5.74, 6) is -0.819. The first kappa shape index (κ1) is 14.8. The highest BCUT2D eigenvalue weighted by Gasteiger charge is 2.32. The van der Waals surface area contributed by atoms with Crippen LogP contribution >= 0.6 is 11.8 Å². The first-order chi connectivity index (χ1) is 8.45. The van der Waals surface area contributed by atoms with E-state index in [2.05, 4.69) is 0 Å². The highest BCUT2D eigenvalue weighted by atomic mass is 32.2. The van der Waals surface area contributed by atoms with Crippen LogP contribution in [0.4, 0.5) is 0 Å². The summed E-state index contributed by atoms with van der Waals surface area (Å²) >= 11 is 1.08. The van der Waals surface area contributed by atoms with Gasteiger partial charge >= 0.3 is 5.97 Å². The van der Waals surface area contributed by atoms with E-state index < -0.39 is 12.0 Å². The van der Waals surface area contributed by atoms with Crippen LogP contribution in [0.25, 0.3) is 0 Å². The highest BCUT2D eigenvalue weighted by molar-refractivity contribution is 8.13. The number of carboxylic acid groups (broad SMARTS) is 1. The van der Waals surface area contributed by atoms with E-state index in [0.717, 1.165) is 23.8 Å². The summed E-state index contributed by atoms with van der Waals surface area (Å²) < 4.78 is 0. The van der Waals surface area contributed by atoms with E-state index in [0.29, 0.717) is 12.3 Å². The van der Waals surface area contributed by atoms with E-state index in [9.17, 15) is 14.4 Å². The number of aliphatic carboxylic acids is 1. The van der Waals surface area contributed by atoms with Crippen molar-refractivity contribution in [2.75, 3.05) is 12.3 Å². The van der Waals surface area contributed by atoms with Gasteiger partial charge in [0.15, 0.2) is 5.12 Å². The fourth-order valence-corrected chi connectivity index (χ4v) is 2.35. The molecular formula is C12H17NO4S. The van der Waals surface area contributed by atoms with Crippen LogP contribution in [0.2, 0.25) is 0 Å². The van der Waals surface area contributed by atoms with Crippen molar-refractivity contribution in [3.8, 4) is 0 Å². The number of hydrogen-bond donors (Lipinski definition) is 1. The molecule has 1 heterocycles. The van der Waals surface area contributed by atoms with Crippen LogP contribution in [0, 0.1) is 0 Å². The molecule has 0 aliphatic carbocycles. The fourth-order valence-electron chi connectivity index (χ4n) is 1.79. The van der Waals surface area contributed by atoms with Gasteiger partial charge in [0.2, 0.25) is 5.91 Å². The number of nitrogens with zero attached hydrogens (tertiary/aromatic N) is 1. The van der Waals surface area contributed by atoms with Crippen LogP contribution in [0.15, 0.2) is 11.6 Å². The molecule has 1 N–H and O–H groups in total. The minimum absolute atomic E-state index is 0.0358. The minimum Gasteiger partial charge on any atom is -0.479 e. The van der Waals surface area contributed by atoms with Crippen molar-refractivity contribution in [1.29, 1.82) is 0 Å². The van der Waals surface area contributed by atoms with Crippen molar-refractivity contribution in [2.45, 2.75) is 32.7 Å². The van der Waals surface area contributed by atoms with Gasteiger partial charge in [0.05, 0.1) is 0 Å². The molecular weight excluding hydrogens is 254 g/mol. The molecule has 1 rings (SSSR count). The van der Waals surface area contributed by atoms with Gasteiger partial charge in [0.1, 0.15) is 6.04 Å². The Morgan fingerprint density at radius 3 is 2.67 bits per heavy atom. The van der Waals surface area contributed by atoms with E-state index in [4.69, 9.17) is 5.11 Å². The maximum absolute atomic E-state index is 11.9. The summed E-state index contributed by atoms with van der Waals surface area (Å²) in [5.41, 5.74) is 0.968. The second-order valence-corrected chi connectivity index (χ2v) is 5.35. The zero-order valence-corrected chi connectivity index (χ0v) is 11.3. The molecule has 5 nitrogen and oxygen atoms in total. The average molecular weight is 271 g/mol. The third-order valence-electron chi connectivity index (χ3n) is 2.75. The van der Waals surface area contributed by atoms with E-state index in [1.807, 2.05) is 6.92 Å². The molecule has 0 unspecified atom stereocenters. The molecule has 0 saturated carbocycles. The largest absolute Gasteiger partial charge is 0.479 e. The van der Waals surface area contributed by atoms with E-state index in [-0.39, 0.29) is 17.4 Å². The lowest BCUT2D eigenvalue weighted by Crippen LogP contribution is -2.41. The summed E-state index contributed by atoms with van der Waals surface area (Å²) in [6.07, 6.45) is 2.58. The molecule has 0 aromatic rings. The smallest absolute Gasteiger partial charge is 0.330 e. The predicted molar refractivity (Wildman–Crippen MR) is 69.3 cm³/mol. The highest BCUT2D eigenvalue weighted by Crippen LogP contribution is 2.20. The van der Waals surface area contributed by atoms with Crippen LogP contribution in [0.1, 0.15) is 26.7 Å². The molecule has 0 aromatic heterocycles. The number of hydrogen-bond acceptors (Lipinski definition) is 4. The normalized spacial score (nSPS) is 18.7. The van der Waals surface area contributed by atoms with Crippen molar-refractivity contribution < 1.29 is 19.5 Å². The number of carboxylic acids is 1. The van der Waals surface area contributed by atoms with Crippen LogP contribution in [-0.2, 0) is 14.4 Å². The quantitative estimate of drug-likeness (QED) is 0.763. The molecule has 6 heteroatoms. The molecule has 100 valence electrons. The van der Waals surface area contributed by atoms with Gasteiger partial charge in [0, 0.05) is 25.6 Å². The molecule has 0 radical (unpaired) electrons. The van der Waals surface area contributed by atoms with Crippen molar-refractivity contribution in [3.05, 3.63) is 11.6 Å². The molecule has 1 amide bonds. The Morgan fingerprint density at radius 2 is 2.17 bits per heavy atom. The second-order valence-electron chi connectivity index (χ2n) is 4.07. The molecule has 0 aromatic carbocycles. The molecule has 1 aliphatic rings. The first-order valence-corrected chi connectivity index (χ1v) is 6.79. The molecule has 0 saturated heterocycles. The Labute approximate surface area is 110 Å². The summed E-state index contributed by atoms with van der Waals surface area (Å²) in [6, 6.07) is -0.852. The molecule has 18 heavy (non-hydrogen) atoms. The monoisotopic (exact) mass is 271 g/mol. The maximum atomic E-state index is 11.9. The van der Waals surface area contributed by atoms with Gasteiger partial charge < -0.3 is 10.0 Å². The number of rotatable bonds is 5. The summed E-state index contributed by atoms with van der Waals surface area (Å²) in [4.78, 5) is 35.1. The summed E-state index contributed by atoms with van der Waals surface area (Å²) in [5, 5.41) is 9.03. The van der Waals surface area contributed by atoms with Crippen LogP contribution in [-0.4, -0.2) is 45.3 Å². The average Bonchev–Trinajstić information content (AvgIpc) is 2.72. The Morgan fingerprint density at radius 1 is 1.50 bits per heavy atom. The van der Waals surface area contributed by atoms with Gasteiger partial charge in [0.25, 0.3) is 0 Å². The van der Waals surface area contributed by atoms with E-state index in [1.165, 1.54) is 11.8 Å². The third kappa shape index (κ3) is 3.87. The van der Waals surface area contributed by atoms with Gasteiger partial charge in [-0.25, -0.2) is 4.79 Å². The van der Waals surface area contributed by atoms with Crippen molar-refractivity contribution in [2.24, 2.45) is 0 Å². The minimum atomic E-state index is -1.01.